The van der Waals surface area contributed by atoms with Crippen LogP contribution in [0.3, 0.4) is 0 Å². The second-order valence-corrected chi connectivity index (χ2v) is 5.18. The lowest BCUT2D eigenvalue weighted by atomic mass is 9.99. The van der Waals surface area contributed by atoms with Crippen LogP contribution in [0.15, 0.2) is 30.3 Å². The summed E-state index contributed by atoms with van der Waals surface area (Å²) in [5.41, 5.74) is -0.548. The van der Waals surface area contributed by atoms with E-state index in [9.17, 15) is 19.5 Å². The number of aliphatic carboxylic acids is 1. The van der Waals surface area contributed by atoms with Gasteiger partial charge in [-0.1, -0.05) is 30.3 Å². The highest BCUT2D eigenvalue weighted by Crippen LogP contribution is 2.18. The molecule has 22 heavy (non-hydrogen) atoms. The minimum absolute atomic E-state index is 0.0635. The van der Waals surface area contributed by atoms with Gasteiger partial charge in [0, 0.05) is 13.0 Å². The molecule has 2 rings (SSSR count). The summed E-state index contributed by atoms with van der Waals surface area (Å²) in [6.45, 7) is -0.0420. The number of hydrogen-bond donors (Lipinski definition) is 3. The van der Waals surface area contributed by atoms with Gasteiger partial charge in [0.2, 0.25) is 11.8 Å². The Bertz CT molecular complexity index is 552. The number of ether oxygens (including phenoxy) is 1. The number of carboxylic acids is 1. The number of amides is 2. The lowest BCUT2D eigenvalue weighted by Gasteiger charge is -2.23. The zero-order valence-electron chi connectivity index (χ0n) is 12.0. The number of hydrogen-bond acceptors (Lipinski definition) is 4. The van der Waals surface area contributed by atoms with Crippen molar-refractivity contribution in [3.63, 3.8) is 0 Å². The van der Waals surface area contributed by atoms with Crippen LogP contribution >= 0.6 is 0 Å². The van der Waals surface area contributed by atoms with Crippen molar-refractivity contribution in [3.05, 3.63) is 35.9 Å². The Morgan fingerprint density at radius 2 is 1.91 bits per heavy atom. The van der Waals surface area contributed by atoms with Crippen molar-refractivity contribution in [2.45, 2.75) is 18.4 Å². The second kappa shape index (κ2) is 7.04. The van der Waals surface area contributed by atoms with E-state index in [1.54, 1.807) is 0 Å². The van der Waals surface area contributed by atoms with E-state index < -0.39 is 17.4 Å². The summed E-state index contributed by atoms with van der Waals surface area (Å²) in [6, 6.07) is 9.13. The second-order valence-electron chi connectivity index (χ2n) is 5.18. The van der Waals surface area contributed by atoms with Crippen molar-refractivity contribution in [1.29, 1.82) is 0 Å². The van der Waals surface area contributed by atoms with Gasteiger partial charge in [-0.15, -0.1) is 0 Å². The maximum absolute atomic E-state index is 11.8. The third-order valence-corrected chi connectivity index (χ3v) is 3.46. The SMILES string of the molecule is O=C(Cc1ccccc1)NCC(=O)NC1(C(=O)O)CCOC1. The van der Waals surface area contributed by atoms with Crippen LogP contribution in [0.1, 0.15) is 12.0 Å². The molecule has 0 saturated carbocycles. The molecule has 7 nitrogen and oxygen atoms in total. The Hall–Kier alpha value is -2.41. The van der Waals surface area contributed by atoms with E-state index in [-0.39, 0.29) is 38.5 Å². The average Bonchev–Trinajstić information content (AvgIpc) is 2.96. The van der Waals surface area contributed by atoms with Gasteiger partial charge in [0.25, 0.3) is 0 Å². The lowest BCUT2D eigenvalue weighted by Crippen LogP contribution is -2.57. The fourth-order valence-electron chi connectivity index (χ4n) is 2.22. The van der Waals surface area contributed by atoms with Crippen molar-refractivity contribution in [3.8, 4) is 0 Å². The quantitative estimate of drug-likeness (QED) is 0.669. The molecule has 0 bridgehead atoms. The number of carbonyl (C=O) groups is 3. The molecule has 0 aromatic heterocycles. The average molecular weight is 306 g/mol. The molecule has 1 heterocycles. The first-order chi connectivity index (χ1) is 10.5. The Morgan fingerprint density at radius 1 is 1.18 bits per heavy atom. The van der Waals surface area contributed by atoms with Gasteiger partial charge in [0.05, 0.1) is 19.6 Å². The van der Waals surface area contributed by atoms with Gasteiger partial charge in [-0.2, -0.15) is 0 Å². The molecule has 1 unspecified atom stereocenters. The summed E-state index contributed by atoms with van der Waals surface area (Å²) in [7, 11) is 0. The van der Waals surface area contributed by atoms with Crippen molar-refractivity contribution in [2.75, 3.05) is 19.8 Å². The highest BCUT2D eigenvalue weighted by Gasteiger charge is 2.43. The highest BCUT2D eigenvalue weighted by atomic mass is 16.5. The minimum atomic E-state index is -1.39. The molecule has 1 aliphatic rings. The molecule has 1 atom stereocenters. The highest BCUT2D eigenvalue weighted by molar-refractivity contribution is 5.90. The predicted octanol–water partition coefficient (Wildman–Crippen LogP) is -0.295. The summed E-state index contributed by atoms with van der Waals surface area (Å²) >= 11 is 0. The molecule has 2 amide bonds. The molecule has 1 aliphatic heterocycles. The first-order valence-corrected chi connectivity index (χ1v) is 6.95. The molecule has 7 heteroatoms. The number of benzene rings is 1. The lowest BCUT2D eigenvalue weighted by molar-refractivity contribution is -0.147. The molecule has 0 aliphatic carbocycles. The molecule has 1 aromatic rings. The number of rotatable bonds is 6. The van der Waals surface area contributed by atoms with E-state index in [0.717, 1.165) is 5.56 Å². The summed E-state index contributed by atoms with van der Waals surface area (Å²) < 4.78 is 5.04. The first kappa shape index (κ1) is 16.0. The van der Waals surface area contributed by atoms with E-state index in [1.807, 2.05) is 30.3 Å². The topological polar surface area (TPSA) is 105 Å². The molecular formula is C15H18N2O5. The standard InChI is InChI=1S/C15H18N2O5/c18-12(8-11-4-2-1-3-5-11)16-9-13(19)17-15(14(20)21)6-7-22-10-15/h1-5H,6-10H2,(H,16,18)(H,17,19)(H,20,21). The summed E-state index contributed by atoms with van der Waals surface area (Å²) in [5.74, 6) is -1.98. The summed E-state index contributed by atoms with van der Waals surface area (Å²) in [5, 5.41) is 14.1. The third-order valence-electron chi connectivity index (χ3n) is 3.46. The maximum atomic E-state index is 11.8. The zero-order chi connectivity index (χ0) is 16.0. The number of carboxylic acid groups (broad SMARTS) is 1. The fraction of sp³-hybridized carbons (Fsp3) is 0.400. The van der Waals surface area contributed by atoms with Gasteiger partial charge in [0.15, 0.2) is 5.54 Å². The smallest absolute Gasteiger partial charge is 0.331 e. The summed E-state index contributed by atoms with van der Waals surface area (Å²) in [4.78, 5) is 34.8. The van der Waals surface area contributed by atoms with Gasteiger partial charge < -0.3 is 20.5 Å². The molecule has 1 saturated heterocycles. The van der Waals surface area contributed by atoms with E-state index in [2.05, 4.69) is 10.6 Å². The molecular weight excluding hydrogens is 288 g/mol. The molecule has 1 fully saturated rings. The van der Waals surface area contributed by atoms with Crippen LogP contribution < -0.4 is 10.6 Å². The minimum Gasteiger partial charge on any atom is -0.479 e. The first-order valence-electron chi connectivity index (χ1n) is 6.95. The molecule has 118 valence electrons. The third kappa shape index (κ3) is 4.05. The van der Waals surface area contributed by atoms with Crippen molar-refractivity contribution in [2.24, 2.45) is 0 Å². The normalized spacial score (nSPS) is 20.4. The van der Waals surface area contributed by atoms with E-state index in [1.165, 1.54) is 0 Å². The van der Waals surface area contributed by atoms with Crippen LogP contribution in [0.25, 0.3) is 0 Å². The number of nitrogens with one attached hydrogen (secondary N) is 2. The van der Waals surface area contributed by atoms with Gasteiger partial charge in [-0.05, 0) is 5.56 Å². The van der Waals surface area contributed by atoms with Gasteiger partial charge >= 0.3 is 5.97 Å². The Kier molecular flexibility index (Phi) is 5.11. The van der Waals surface area contributed by atoms with Gasteiger partial charge in [0.1, 0.15) is 0 Å². The van der Waals surface area contributed by atoms with Crippen LogP contribution in [-0.4, -0.2) is 48.2 Å². The zero-order valence-corrected chi connectivity index (χ0v) is 12.0. The van der Waals surface area contributed by atoms with E-state index >= 15 is 0 Å². The monoisotopic (exact) mass is 306 g/mol. The molecule has 0 spiro atoms. The van der Waals surface area contributed by atoms with E-state index in [4.69, 9.17) is 4.74 Å². The number of carbonyl (C=O) groups excluding carboxylic acids is 2. The van der Waals surface area contributed by atoms with Crippen LogP contribution in [0.4, 0.5) is 0 Å². The predicted molar refractivity (Wildman–Crippen MR) is 77.1 cm³/mol. The molecule has 0 radical (unpaired) electrons. The van der Waals surface area contributed by atoms with Gasteiger partial charge in [-0.25, -0.2) is 4.79 Å². The largest absolute Gasteiger partial charge is 0.479 e. The van der Waals surface area contributed by atoms with Crippen LogP contribution in [0.2, 0.25) is 0 Å². The Morgan fingerprint density at radius 3 is 2.50 bits per heavy atom. The Balaban J connectivity index is 1.80. The van der Waals surface area contributed by atoms with Crippen LogP contribution in [0.5, 0.6) is 0 Å². The van der Waals surface area contributed by atoms with E-state index in [0.29, 0.717) is 0 Å². The van der Waals surface area contributed by atoms with Crippen LogP contribution in [-0.2, 0) is 25.5 Å². The molecule has 3 N–H and O–H groups in total. The van der Waals surface area contributed by atoms with Gasteiger partial charge in [-0.3, -0.25) is 9.59 Å². The molecule has 1 aromatic carbocycles. The van der Waals surface area contributed by atoms with Crippen molar-refractivity contribution >= 4 is 17.8 Å². The summed E-state index contributed by atoms with van der Waals surface area (Å²) in [6.07, 6.45) is 0.382. The van der Waals surface area contributed by atoms with Crippen molar-refractivity contribution in [1.82, 2.24) is 10.6 Å². The Labute approximate surface area is 127 Å². The van der Waals surface area contributed by atoms with Crippen LogP contribution in [0, 0.1) is 0 Å². The van der Waals surface area contributed by atoms with Crippen molar-refractivity contribution < 1.29 is 24.2 Å². The maximum Gasteiger partial charge on any atom is 0.331 e. The fourth-order valence-corrected chi connectivity index (χ4v) is 2.22.